The van der Waals surface area contributed by atoms with E-state index in [1.54, 1.807) is 0 Å². The van der Waals surface area contributed by atoms with E-state index in [1.165, 1.54) is 99.4 Å². The summed E-state index contributed by atoms with van der Waals surface area (Å²) in [6.45, 7) is 2.39. The molecule has 0 amide bonds. The first kappa shape index (κ1) is 39.3. The summed E-state index contributed by atoms with van der Waals surface area (Å²) in [5.74, 6) is 0. The van der Waals surface area contributed by atoms with Crippen molar-refractivity contribution >= 4 is 43.6 Å². The number of hydrogen-bond donors (Lipinski definition) is 0. The lowest BCUT2D eigenvalue weighted by Crippen LogP contribution is -2.10. The van der Waals surface area contributed by atoms with Crippen LogP contribution in [0.3, 0.4) is 0 Å². The van der Waals surface area contributed by atoms with Gasteiger partial charge in [-0.2, -0.15) is 0 Å². The van der Waals surface area contributed by atoms with Crippen LogP contribution in [-0.4, -0.2) is 19.1 Å². The van der Waals surface area contributed by atoms with Crippen molar-refractivity contribution in [3.8, 4) is 50.5 Å². The number of hydrogen-bond acceptors (Lipinski definition) is 2. The average molecular weight is 861 g/mol. The summed E-state index contributed by atoms with van der Waals surface area (Å²) in [5, 5.41) is 5.32. The molecule has 0 aliphatic heterocycles. The van der Waals surface area contributed by atoms with Gasteiger partial charge in [0.25, 0.3) is 0 Å². The molecule has 0 fully saturated rings. The van der Waals surface area contributed by atoms with E-state index < -0.39 is 0 Å². The first-order valence-electron chi connectivity index (χ1n) is 23.7. The van der Waals surface area contributed by atoms with Crippen LogP contribution in [0, 0.1) is 6.92 Å². The number of para-hydroxylation sites is 1. The molecular weight excluding hydrogens is 813 g/mol. The second-order valence-electron chi connectivity index (χ2n) is 18.4. The second-order valence-corrected chi connectivity index (χ2v) is 18.4. The Morgan fingerprint density at radius 3 is 1.70 bits per heavy atom. The number of pyridine rings is 2. The molecule has 4 aromatic heterocycles. The molecule has 4 heteroatoms. The standard InChI is InChI=1S/C63H48N4/c1-41-47-27-28-50-36-42(37-56-54-39-48(43-19-23-45(24-20-43)58-16-8-10-34-64-58)29-32-60(54)66(62(50)56)51-12-4-2-5-13-51)18-31-53(41)63-57(38-47)55-40-49(30-33-61(55)67(63)52-14-6-3-7-15-52)44-21-25-46(26-22-44)59-17-9-11-35-65-59/h2-12,14-17,19-26,29-30,32-40,51H,13,18,27-28,31H2,1H3. The molecule has 13 rings (SSSR count). The minimum atomic E-state index is 0.250. The van der Waals surface area contributed by atoms with E-state index in [4.69, 9.17) is 0 Å². The van der Waals surface area contributed by atoms with Crippen LogP contribution < -0.4 is 0 Å². The molecule has 4 bridgehead atoms. The van der Waals surface area contributed by atoms with Crippen LogP contribution in [-0.2, 0) is 25.7 Å². The molecule has 0 saturated carbocycles. The van der Waals surface area contributed by atoms with Crippen molar-refractivity contribution in [2.75, 3.05) is 0 Å². The van der Waals surface area contributed by atoms with Gasteiger partial charge in [0.1, 0.15) is 0 Å². The van der Waals surface area contributed by atoms with Gasteiger partial charge in [-0.1, -0.05) is 121 Å². The summed E-state index contributed by atoms with van der Waals surface area (Å²) in [7, 11) is 0. The van der Waals surface area contributed by atoms with Crippen molar-refractivity contribution in [3.05, 3.63) is 234 Å². The Balaban J connectivity index is 0.954. The van der Waals surface area contributed by atoms with E-state index in [1.807, 2.05) is 36.7 Å². The number of benzene rings is 7. The summed E-state index contributed by atoms with van der Waals surface area (Å²) >= 11 is 0. The van der Waals surface area contributed by atoms with Crippen LogP contribution in [0.15, 0.2) is 207 Å². The van der Waals surface area contributed by atoms with Gasteiger partial charge in [0.15, 0.2) is 0 Å². The minimum Gasteiger partial charge on any atom is -0.333 e. The first-order valence-corrected chi connectivity index (χ1v) is 23.7. The zero-order chi connectivity index (χ0) is 44.4. The molecular formula is C63H48N4. The minimum absolute atomic E-state index is 0.250. The number of nitrogens with zero attached hydrogens (tertiary/aromatic N) is 4. The number of aryl methyl sites for hydroxylation is 4. The first-order chi connectivity index (χ1) is 33.1. The van der Waals surface area contributed by atoms with Crippen LogP contribution in [0.25, 0.3) is 94.1 Å². The van der Waals surface area contributed by atoms with Crippen molar-refractivity contribution in [2.24, 2.45) is 0 Å². The van der Waals surface area contributed by atoms with Crippen molar-refractivity contribution in [1.82, 2.24) is 19.1 Å². The van der Waals surface area contributed by atoms with Crippen LogP contribution in [0.4, 0.5) is 0 Å². The Hall–Kier alpha value is -8.08. The Bertz CT molecular complexity index is 3740. The zero-order valence-electron chi connectivity index (χ0n) is 37.5. The smallest absolute Gasteiger partial charge is 0.0701 e. The molecule has 0 N–H and O–H groups in total. The Labute approximate surface area is 390 Å². The lowest BCUT2D eigenvalue weighted by atomic mass is 9.87. The van der Waals surface area contributed by atoms with E-state index in [9.17, 15) is 0 Å². The van der Waals surface area contributed by atoms with E-state index in [0.717, 1.165) is 54.6 Å². The van der Waals surface area contributed by atoms with Crippen LogP contribution in [0.5, 0.6) is 0 Å². The highest BCUT2D eigenvalue weighted by molar-refractivity contribution is 6.13. The third-order valence-corrected chi connectivity index (χ3v) is 14.6. The van der Waals surface area contributed by atoms with Gasteiger partial charge in [0.05, 0.1) is 34.0 Å². The molecule has 7 aromatic carbocycles. The van der Waals surface area contributed by atoms with Crippen LogP contribution in [0.2, 0.25) is 0 Å². The average Bonchev–Trinajstić information content (AvgIpc) is 3.90. The molecule has 2 aliphatic rings. The van der Waals surface area contributed by atoms with Gasteiger partial charge in [0.2, 0.25) is 0 Å². The number of fused-ring (bicyclic) bond motifs is 12. The molecule has 0 spiro atoms. The molecule has 320 valence electrons. The molecule has 1 atom stereocenters. The quantitative estimate of drug-likeness (QED) is 0.167. The third kappa shape index (κ3) is 6.74. The van der Waals surface area contributed by atoms with Gasteiger partial charge < -0.3 is 9.13 Å². The van der Waals surface area contributed by atoms with E-state index in [2.05, 4.69) is 196 Å². The van der Waals surface area contributed by atoms with E-state index in [0.29, 0.717) is 0 Å². The summed E-state index contributed by atoms with van der Waals surface area (Å²) in [6, 6.07) is 63.0. The van der Waals surface area contributed by atoms with Crippen LogP contribution in [0.1, 0.15) is 40.3 Å². The van der Waals surface area contributed by atoms with Crippen molar-refractivity contribution < 1.29 is 0 Å². The number of allylic oxidation sites excluding steroid dienone is 4. The highest BCUT2D eigenvalue weighted by Gasteiger charge is 2.25. The number of rotatable bonds is 6. The summed E-state index contributed by atoms with van der Waals surface area (Å²) < 4.78 is 5.19. The lowest BCUT2D eigenvalue weighted by Gasteiger charge is -2.22. The van der Waals surface area contributed by atoms with Crippen molar-refractivity contribution in [3.63, 3.8) is 0 Å². The highest BCUT2D eigenvalue weighted by atomic mass is 15.0. The summed E-state index contributed by atoms with van der Waals surface area (Å²) in [4.78, 5) is 9.19. The maximum absolute atomic E-state index is 4.59. The van der Waals surface area contributed by atoms with Gasteiger partial charge in [-0.25, -0.2) is 0 Å². The van der Waals surface area contributed by atoms with E-state index in [-0.39, 0.29) is 6.04 Å². The fourth-order valence-corrected chi connectivity index (χ4v) is 11.2. The lowest BCUT2D eigenvalue weighted by molar-refractivity contribution is 0.645. The molecule has 2 aliphatic carbocycles. The second kappa shape index (κ2) is 16.1. The van der Waals surface area contributed by atoms with Gasteiger partial charge in [-0.3, -0.25) is 9.97 Å². The molecule has 4 nitrogen and oxygen atoms in total. The highest BCUT2D eigenvalue weighted by Crippen LogP contribution is 2.43. The monoisotopic (exact) mass is 860 g/mol. The Kier molecular flexibility index (Phi) is 9.45. The fraction of sp³-hybridized carbons (Fsp3) is 0.111. The van der Waals surface area contributed by atoms with Crippen molar-refractivity contribution in [1.29, 1.82) is 0 Å². The van der Waals surface area contributed by atoms with Gasteiger partial charge >= 0.3 is 0 Å². The maximum Gasteiger partial charge on any atom is 0.0701 e. The summed E-state index contributed by atoms with van der Waals surface area (Å²) in [6.07, 6.45) is 17.7. The zero-order valence-corrected chi connectivity index (χ0v) is 37.5. The molecule has 11 aromatic rings. The Morgan fingerprint density at radius 2 is 1.06 bits per heavy atom. The topological polar surface area (TPSA) is 35.6 Å². The Morgan fingerprint density at radius 1 is 0.463 bits per heavy atom. The normalized spacial score (nSPS) is 14.7. The predicted molar refractivity (Wildman–Crippen MR) is 279 cm³/mol. The molecule has 4 heterocycles. The molecule has 67 heavy (non-hydrogen) atoms. The van der Waals surface area contributed by atoms with Gasteiger partial charge in [-0.15, -0.1) is 0 Å². The molecule has 0 radical (unpaired) electrons. The fourth-order valence-electron chi connectivity index (χ4n) is 11.2. The maximum atomic E-state index is 4.59. The third-order valence-electron chi connectivity index (χ3n) is 14.6. The molecule has 0 saturated heterocycles. The van der Waals surface area contributed by atoms with Crippen molar-refractivity contribution in [2.45, 2.75) is 45.1 Å². The van der Waals surface area contributed by atoms with E-state index >= 15 is 0 Å². The SMILES string of the molecule is Cc1c2cc3c4cc(-c5ccc(-c6ccccn6)cc5)ccc4n(-c4ccccc4)c3c1CCc1cc(c3c(c1)c1cc(-c4ccc(-c5ccccn5)cc4)ccc1n3C1C=CC=CC1)CC2. The molecule has 1 unspecified atom stereocenters. The van der Waals surface area contributed by atoms with Gasteiger partial charge in [0, 0.05) is 56.3 Å². The van der Waals surface area contributed by atoms with Gasteiger partial charge in [-0.05, 0) is 162 Å². The summed E-state index contributed by atoms with van der Waals surface area (Å²) in [5.41, 5.74) is 22.7. The number of aromatic nitrogens is 4. The largest absolute Gasteiger partial charge is 0.333 e. The predicted octanol–water partition coefficient (Wildman–Crippen LogP) is 15.6. The van der Waals surface area contributed by atoms with Crippen LogP contribution >= 0.6 is 0 Å².